The summed E-state index contributed by atoms with van der Waals surface area (Å²) in [5.41, 5.74) is 4.60. The normalized spacial score (nSPS) is 10.9. The first-order valence-electron chi connectivity index (χ1n) is 8.76. The van der Waals surface area contributed by atoms with Crippen molar-refractivity contribution in [3.05, 3.63) is 68.7 Å². The first-order valence-corrected chi connectivity index (χ1v) is 10.1. The number of rotatable bonds is 8. The Hall–Kier alpha value is -3.64. The highest BCUT2D eigenvalue weighted by Crippen LogP contribution is 2.22. The Labute approximate surface area is 185 Å². The van der Waals surface area contributed by atoms with E-state index in [1.54, 1.807) is 24.3 Å². The fraction of sp³-hybridized carbons (Fsp3) is 0.111. The van der Waals surface area contributed by atoms with Gasteiger partial charge in [-0.1, -0.05) is 41.6 Å². The molecule has 0 saturated heterocycles. The number of non-ortho nitro benzene ring substituents is 1. The highest BCUT2D eigenvalue weighted by atomic mass is 35.5. The number of hydrogen-bond donors (Lipinski definition) is 3. The largest absolute Gasteiger partial charge is 0.334 e. The van der Waals surface area contributed by atoms with Gasteiger partial charge in [-0.25, -0.2) is 10.1 Å². The van der Waals surface area contributed by atoms with Gasteiger partial charge in [0.25, 0.3) is 11.6 Å². The summed E-state index contributed by atoms with van der Waals surface area (Å²) in [7, 11) is 0. The van der Waals surface area contributed by atoms with E-state index in [0.717, 1.165) is 22.0 Å². The average molecular weight is 461 g/mol. The quantitative estimate of drug-likeness (QED) is 0.152. The standard InChI is InChI=1S/C18H17ClN8O3S/c1-11-5-6-13(19)8-15(11)22-16(28)10-31-18-25-24-17(26(18)20)23-21-9-12-3-2-4-14(7-12)27(29)30/h2-9H,10,20H2,1H3,(H,22,28)(H,23,24)/b21-9+. The Morgan fingerprint density at radius 3 is 2.94 bits per heavy atom. The maximum atomic E-state index is 12.2. The number of anilines is 2. The number of nitrogen functional groups attached to an aromatic ring is 1. The van der Waals surface area contributed by atoms with Crippen LogP contribution in [0.25, 0.3) is 0 Å². The van der Waals surface area contributed by atoms with Crippen LogP contribution in [0.2, 0.25) is 5.02 Å². The van der Waals surface area contributed by atoms with E-state index in [4.69, 9.17) is 17.4 Å². The fourth-order valence-electron chi connectivity index (χ4n) is 2.38. The molecular weight excluding hydrogens is 444 g/mol. The van der Waals surface area contributed by atoms with Crippen molar-refractivity contribution < 1.29 is 9.72 Å². The van der Waals surface area contributed by atoms with Gasteiger partial charge < -0.3 is 11.2 Å². The molecule has 0 aliphatic heterocycles. The Morgan fingerprint density at radius 2 is 2.16 bits per heavy atom. The van der Waals surface area contributed by atoms with Gasteiger partial charge in [0.1, 0.15) is 0 Å². The van der Waals surface area contributed by atoms with Crippen LogP contribution in [0.5, 0.6) is 0 Å². The number of benzene rings is 2. The average Bonchev–Trinajstić information content (AvgIpc) is 3.09. The number of carbonyl (C=O) groups is 1. The number of carbonyl (C=O) groups excluding carboxylic acids is 1. The Morgan fingerprint density at radius 1 is 1.35 bits per heavy atom. The summed E-state index contributed by atoms with van der Waals surface area (Å²) >= 11 is 7.05. The number of nitrogens with two attached hydrogens (primary N) is 1. The lowest BCUT2D eigenvalue weighted by Gasteiger charge is -2.08. The van der Waals surface area contributed by atoms with Crippen LogP contribution in [-0.4, -0.2) is 37.7 Å². The molecule has 0 bridgehead atoms. The van der Waals surface area contributed by atoms with Gasteiger partial charge in [0.15, 0.2) is 0 Å². The SMILES string of the molecule is Cc1ccc(Cl)cc1NC(=O)CSc1nnc(N/N=C/c2cccc([N+](=O)[O-])c2)n1N. The maximum Gasteiger partial charge on any atom is 0.270 e. The number of amides is 1. The summed E-state index contributed by atoms with van der Waals surface area (Å²) < 4.78 is 1.15. The molecule has 31 heavy (non-hydrogen) atoms. The molecule has 0 fully saturated rings. The lowest BCUT2D eigenvalue weighted by molar-refractivity contribution is -0.384. The van der Waals surface area contributed by atoms with Crippen LogP contribution in [0.15, 0.2) is 52.7 Å². The third-order valence-corrected chi connectivity index (χ3v) is 5.11. The molecule has 4 N–H and O–H groups in total. The van der Waals surface area contributed by atoms with Crippen LogP contribution in [0.3, 0.4) is 0 Å². The number of nitrogens with zero attached hydrogens (tertiary/aromatic N) is 5. The molecule has 13 heteroatoms. The number of nitro groups is 1. The number of hydrogen-bond acceptors (Lipinski definition) is 9. The number of thioether (sulfide) groups is 1. The van der Waals surface area contributed by atoms with E-state index in [-0.39, 0.29) is 23.3 Å². The molecule has 0 saturated carbocycles. The molecule has 0 atom stereocenters. The second kappa shape index (κ2) is 9.91. The zero-order valence-corrected chi connectivity index (χ0v) is 17.7. The summed E-state index contributed by atoms with van der Waals surface area (Å²) in [5.74, 6) is 5.86. The number of halogens is 1. The molecule has 3 rings (SSSR count). The van der Waals surface area contributed by atoms with Gasteiger partial charge in [-0.15, -0.1) is 10.2 Å². The molecule has 1 aromatic heterocycles. The molecule has 0 spiro atoms. The topological polar surface area (TPSA) is 153 Å². The first kappa shape index (κ1) is 22.1. The number of aromatic nitrogens is 3. The van der Waals surface area contributed by atoms with Crippen molar-refractivity contribution in [1.82, 2.24) is 14.9 Å². The van der Waals surface area contributed by atoms with E-state index < -0.39 is 4.92 Å². The second-order valence-electron chi connectivity index (χ2n) is 6.19. The van der Waals surface area contributed by atoms with Crippen LogP contribution in [0.1, 0.15) is 11.1 Å². The van der Waals surface area contributed by atoms with Crippen LogP contribution < -0.4 is 16.6 Å². The van der Waals surface area contributed by atoms with Crippen LogP contribution in [-0.2, 0) is 4.79 Å². The number of nitro benzene ring substituents is 1. The molecule has 0 unspecified atom stereocenters. The van der Waals surface area contributed by atoms with Gasteiger partial charge in [-0.2, -0.15) is 5.10 Å². The van der Waals surface area contributed by atoms with Gasteiger partial charge in [0, 0.05) is 28.4 Å². The lowest BCUT2D eigenvalue weighted by Crippen LogP contribution is -2.17. The fourth-order valence-corrected chi connectivity index (χ4v) is 3.21. The molecule has 1 amide bonds. The predicted molar refractivity (Wildman–Crippen MR) is 120 cm³/mol. The van der Waals surface area contributed by atoms with Crippen molar-refractivity contribution >= 4 is 52.8 Å². The molecule has 11 nitrogen and oxygen atoms in total. The van der Waals surface area contributed by atoms with E-state index in [1.165, 1.54) is 18.3 Å². The van der Waals surface area contributed by atoms with Crippen LogP contribution in [0, 0.1) is 17.0 Å². The van der Waals surface area contributed by atoms with Crippen LogP contribution in [0.4, 0.5) is 17.3 Å². The first-order chi connectivity index (χ1) is 14.8. The zero-order valence-electron chi connectivity index (χ0n) is 16.2. The van der Waals surface area contributed by atoms with Gasteiger partial charge >= 0.3 is 0 Å². The highest BCUT2D eigenvalue weighted by molar-refractivity contribution is 7.99. The minimum atomic E-state index is -0.491. The van der Waals surface area contributed by atoms with E-state index in [0.29, 0.717) is 21.4 Å². The van der Waals surface area contributed by atoms with Crippen molar-refractivity contribution in [2.24, 2.45) is 5.10 Å². The Kier molecular flexibility index (Phi) is 7.05. The zero-order chi connectivity index (χ0) is 22.4. The van der Waals surface area contributed by atoms with Crippen molar-refractivity contribution in [2.75, 3.05) is 22.3 Å². The second-order valence-corrected chi connectivity index (χ2v) is 7.57. The van der Waals surface area contributed by atoms with E-state index in [9.17, 15) is 14.9 Å². The van der Waals surface area contributed by atoms with Gasteiger partial charge in [0.05, 0.1) is 16.9 Å². The van der Waals surface area contributed by atoms with Gasteiger partial charge in [-0.05, 0) is 24.6 Å². The Balaban J connectivity index is 1.56. The number of aryl methyl sites for hydroxylation is 1. The van der Waals surface area contributed by atoms with Crippen molar-refractivity contribution in [3.8, 4) is 0 Å². The molecule has 160 valence electrons. The lowest BCUT2D eigenvalue weighted by atomic mass is 10.2. The van der Waals surface area contributed by atoms with Gasteiger partial charge in [-0.3, -0.25) is 14.9 Å². The molecular formula is C18H17ClN8O3S. The summed E-state index contributed by atoms with van der Waals surface area (Å²) in [6, 6.07) is 11.2. The van der Waals surface area contributed by atoms with E-state index in [1.807, 2.05) is 13.0 Å². The molecule has 1 heterocycles. The van der Waals surface area contributed by atoms with Crippen molar-refractivity contribution in [3.63, 3.8) is 0 Å². The minimum Gasteiger partial charge on any atom is -0.334 e. The predicted octanol–water partition coefficient (Wildman–Crippen LogP) is 3.04. The maximum absolute atomic E-state index is 12.2. The molecule has 2 aromatic carbocycles. The summed E-state index contributed by atoms with van der Waals surface area (Å²) in [6.45, 7) is 1.86. The summed E-state index contributed by atoms with van der Waals surface area (Å²) in [6.07, 6.45) is 1.38. The smallest absolute Gasteiger partial charge is 0.270 e. The van der Waals surface area contributed by atoms with Crippen molar-refractivity contribution in [1.29, 1.82) is 0 Å². The van der Waals surface area contributed by atoms with Crippen molar-refractivity contribution in [2.45, 2.75) is 12.1 Å². The minimum absolute atomic E-state index is 0.0455. The van der Waals surface area contributed by atoms with E-state index in [2.05, 4.69) is 26.0 Å². The number of hydrazone groups is 1. The van der Waals surface area contributed by atoms with E-state index >= 15 is 0 Å². The molecule has 0 aliphatic rings. The summed E-state index contributed by atoms with van der Waals surface area (Å²) in [4.78, 5) is 22.5. The molecule has 0 aliphatic carbocycles. The van der Waals surface area contributed by atoms with Crippen LogP contribution >= 0.6 is 23.4 Å². The monoisotopic (exact) mass is 460 g/mol. The third kappa shape index (κ3) is 5.93. The third-order valence-electron chi connectivity index (χ3n) is 3.93. The molecule has 0 radical (unpaired) electrons. The number of nitrogens with one attached hydrogen (secondary N) is 2. The highest BCUT2D eigenvalue weighted by Gasteiger charge is 2.13. The van der Waals surface area contributed by atoms with Gasteiger partial charge in [0.2, 0.25) is 11.1 Å². The Bertz CT molecular complexity index is 1150. The summed E-state index contributed by atoms with van der Waals surface area (Å²) in [5, 5.41) is 26.1. The molecule has 3 aromatic rings.